The van der Waals surface area contributed by atoms with E-state index in [1.165, 1.54) is 0 Å². The number of hydrogen-bond acceptors (Lipinski definition) is 4. The van der Waals surface area contributed by atoms with Crippen LogP contribution >= 0.6 is 0 Å². The Kier molecular flexibility index (Phi) is 6.31. The molecule has 1 rings (SSSR count). The topological polar surface area (TPSA) is 76.0 Å². The first kappa shape index (κ1) is 15.1. The maximum atomic E-state index is 11.6. The average Bonchev–Trinajstić information content (AvgIpc) is 2.71. The maximum absolute atomic E-state index is 11.6. The molecule has 0 amide bonds. The Morgan fingerprint density at radius 3 is 2.78 bits per heavy atom. The van der Waals surface area contributed by atoms with Gasteiger partial charge in [0.25, 0.3) is 0 Å². The summed E-state index contributed by atoms with van der Waals surface area (Å²) in [6.45, 7) is 4.00. The highest BCUT2D eigenvalue weighted by molar-refractivity contribution is 7.89. The van der Waals surface area contributed by atoms with Crippen molar-refractivity contribution in [2.75, 3.05) is 25.4 Å². The molecule has 0 spiro atoms. The highest BCUT2D eigenvalue weighted by atomic mass is 32.2. The van der Waals surface area contributed by atoms with Crippen LogP contribution in [0, 0.1) is 0 Å². The van der Waals surface area contributed by atoms with Gasteiger partial charge in [-0.15, -0.1) is 0 Å². The second kappa shape index (κ2) is 7.50. The van der Waals surface area contributed by atoms with Crippen LogP contribution in [0.2, 0.25) is 0 Å². The van der Waals surface area contributed by atoms with Crippen LogP contribution in [0.25, 0.3) is 0 Å². The van der Waals surface area contributed by atoms with Crippen LogP contribution < -0.4 is 10.0 Å². The molecular formula is C11H22N4O2S. The summed E-state index contributed by atoms with van der Waals surface area (Å²) in [7, 11) is -1.26. The van der Waals surface area contributed by atoms with Crippen molar-refractivity contribution in [3.05, 3.63) is 18.2 Å². The fraction of sp³-hybridized carbons (Fsp3) is 0.727. The minimum atomic E-state index is -3.16. The second-order valence-corrected chi connectivity index (χ2v) is 6.05. The lowest BCUT2D eigenvalue weighted by Gasteiger charge is -2.07. The Labute approximate surface area is 109 Å². The molecular weight excluding hydrogens is 252 g/mol. The van der Waals surface area contributed by atoms with Crippen LogP contribution in [0.1, 0.15) is 19.2 Å². The first-order valence-corrected chi connectivity index (χ1v) is 7.84. The predicted molar refractivity (Wildman–Crippen MR) is 71.9 cm³/mol. The van der Waals surface area contributed by atoms with E-state index < -0.39 is 10.0 Å². The summed E-state index contributed by atoms with van der Waals surface area (Å²) in [5.74, 6) is 1.05. The van der Waals surface area contributed by atoms with Crippen molar-refractivity contribution in [1.82, 2.24) is 19.6 Å². The van der Waals surface area contributed by atoms with Gasteiger partial charge in [-0.3, -0.25) is 0 Å². The quantitative estimate of drug-likeness (QED) is 0.616. The zero-order valence-electron chi connectivity index (χ0n) is 11.0. The monoisotopic (exact) mass is 274 g/mol. The van der Waals surface area contributed by atoms with E-state index in [0.717, 1.165) is 18.9 Å². The molecule has 0 aliphatic rings. The highest BCUT2D eigenvalue weighted by Crippen LogP contribution is 1.95. The second-order valence-electron chi connectivity index (χ2n) is 4.12. The molecule has 0 radical (unpaired) electrons. The molecule has 0 saturated carbocycles. The van der Waals surface area contributed by atoms with Gasteiger partial charge in [0.05, 0.1) is 5.75 Å². The number of nitrogens with one attached hydrogen (secondary N) is 2. The van der Waals surface area contributed by atoms with Crippen LogP contribution in [0.5, 0.6) is 0 Å². The third-order valence-electron chi connectivity index (χ3n) is 2.61. The molecule has 0 bridgehead atoms. The van der Waals surface area contributed by atoms with Gasteiger partial charge in [-0.1, -0.05) is 6.92 Å². The maximum Gasteiger partial charge on any atom is 0.211 e. The van der Waals surface area contributed by atoms with Gasteiger partial charge in [0.2, 0.25) is 10.0 Å². The first-order valence-electron chi connectivity index (χ1n) is 6.19. The number of nitrogens with zero attached hydrogens (tertiary/aromatic N) is 2. The van der Waals surface area contributed by atoms with Gasteiger partial charge in [0.15, 0.2) is 0 Å². The molecule has 1 aromatic heterocycles. The zero-order chi connectivity index (χ0) is 13.4. The standard InChI is InChI=1S/C11H22N4O2S/c1-3-12-6-4-10-18(16,17)14-7-5-11-13-8-9-15(11)2/h8-9,12,14H,3-7,10H2,1-2H3. The fourth-order valence-electron chi connectivity index (χ4n) is 1.59. The average molecular weight is 274 g/mol. The van der Waals surface area contributed by atoms with Crippen molar-refractivity contribution < 1.29 is 8.42 Å². The van der Waals surface area contributed by atoms with Crippen molar-refractivity contribution >= 4 is 10.0 Å². The smallest absolute Gasteiger partial charge is 0.211 e. The van der Waals surface area contributed by atoms with Crippen LogP contribution in [0.4, 0.5) is 0 Å². The van der Waals surface area contributed by atoms with Crippen LogP contribution in [0.3, 0.4) is 0 Å². The van der Waals surface area contributed by atoms with E-state index in [1.807, 2.05) is 24.7 Å². The summed E-state index contributed by atoms with van der Waals surface area (Å²) < 4.78 is 27.8. The van der Waals surface area contributed by atoms with Gasteiger partial charge >= 0.3 is 0 Å². The minimum absolute atomic E-state index is 0.167. The lowest BCUT2D eigenvalue weighted by atomic mass is 10.4. The Hall–Kier alpha value is -0.920. The fourth-order valence-corrected chi connectivity index (χ4v) is 2.67. The Morgan fingerprint density at radius 2 is 2.17 bits per heavy atom. The molecule has 0 saturated heterocycles. The molecule has 1 heterocycles. The number of hydrogen-bond donors (Lipinski definition) is 2. The van der Waals surface area contributed by atoms with E-state index in [4.69, 9.17) is 0 Å². The van der Waals surface area contributed by atoms with Gasteiger partial charge in [-0.2, -0.15) is 0 Å². The van der Waals surface area contributed by atoms with Gasteiger partial charge < -0.3 is 9.88 Å². The van der Waals surface area contributed by atoms with E-state index in [0.29, 0.717) is 19.4 Å². The van der Waals surface area contributed by atoms with Gasteiger partial charge in [0, 0.05) is 32.4 Å². The molecule has 0 unspecified atom stereocenters. The van der Waals surface area contributed by atoms with Gasteiger partial charge in [-0.05, 0) is 19.5 Å². The van der Waals surface area contributed by atoms with E-state index in [9.17, 15) is 8.42 Å². The van der Waals surface area contributed by atoms with Crippen LogP contribution in [-0.2, 0) is 23.5 Å². The summed E-state index contributed by atoms with van der Waals surface area (Å²) in [6, 6.07) is 0. The largest absolute Gasteiger partial charge is 0.338 e. The minimum Gasteiger partial charge on any atom is -0.338 e. The molecule has 6 nitrogen and oxygen atoms in total. The summed E-state index contributed by atoms with van der Waals surface area (Å²) in [5.41, 5.74) is 0. The number of rotatable bonds is 9. The summed E-state index contributed by atoms with van der Waals surface area (Å²) in [4.78, 5) is 4.14. The van der Waals surface area contributed by atoms with Crippen LogP contribution in [0.15, 0.2) is 12.4 Å². The number of sulfonamides is 1. The molecule has 0 aliphatic heterocycles. The predicted octanol–water partition coefficient (Wildman–Crippen LogP) is -0.118. The molecule has 18 heavy (non-hydrogen) atoms. The molecule has 0 atom stereocenters. The van der Waals surface area contributed by atoms with Gasteiger partial charge in [-0.25, -0.2) is 18.1 Å². The van der Waals surface area contributed by atoms with E-state index in [2.05, 4.69) is 15.0 Å². The lowest BCUT2D eigenvalue weighted by molar-refractivity contribution is 0.574. The van der Waals surface area contributed by atoms with E-state index >= 15 is 0 Å². The summed E-state index contributed by atoms with van der Waals surface area (Å²) in [5, 5.41) is 3.10. The Balaban J connectivity index is 2.23. The van der Waals surface area contributed by atoms with Gasteiger partial charge in [0.1, 0.15) is 5.82 Å². The number of aromatic nitrogens is 2. The number of aryl methyl sites for hydroxylation is 1. The molecule has 104 valence electrons. The third-order valence-corrected chi connectivity index (χ3v) is 4.08. The van der Waals surface area contributed by atoms with Crippen molar-refractivity contribution in [2.45, 2.75) is 19.8 Å². The molecule has 7 heteroatoms. The molecule has 2 N–H and O–H groups in total. The van der Waals surface area contributed by atoms with E-state index in [-0.39, 0.29) is 5.75 Å². The van der Waals surface area contributed by atoms with Crippen LogP contribution in [-0.4, -0.2) is 43.4 Å². The zero-order valence-corrected chi connectivity index (χ0v) is 11.8. The Bertz CT molecular complexity index is 442. The third kappa shape index (κ3) is 5.61. The SMILES string of the molecule is CCNCCCS(=O)(=O)NCCc1nccn1C. The van der Waals surface area contributed by atoms with E-state index in [1.54, 1.807) is 6.20 Å². The summed E-state index contributed by atoms with van der Waals surface area (Å²) >= 11 is 0. The molecule has 0 aliphatic carbocycles. The van der Waals surface area contributed by atoms with Crippen molar-refractivity contribution in [1.29, 1.82) is 0 Å². The first-order chi connectivity index (χ1) is 8.55. The normalized spacial score (nSPS) is 11.9. The lowest BCUT2D eigenvalue weighted by Crippen LogP contribution is -2.30. The highest BCUT2D eigenvalue weighted by Gasteiger charge is 2.09. The Morgan fingerprint density at radius 1 is 1.39 bits per heavy atom. The molecule has 0 fully saturated rings. The number of imidazole rings is 1. The summed E-state index contributed by atoms with van der Waals surface area (Å²) in [6.07, 6.45) is 4.79. The van der Waals surface area contributed by atoms with Crippen molar-refractivity contribution in [3.8, 4) is 0 Å². The molecule has 1 aromatic rings. The molecule has 0 aromatic carbocycles. The van der Waals surface area contributed by atoms with Crippen molar-refractivity contribution in [3.63, 3.8) is 0 Å². The van der Waals surface area contributed by atoms with Crippen molar-refractivity contribution in [2.24, 2.45) is 7.05 Å².